The molecular weight excluding hydrogens is 220 g/mol. The van der Waals surface area contributed by atoms with Crippen molar-refractivity contribution in [1.29, 1.82) is 0 Å². The van der Waals surface area contributed by atoms with Gasteiger partial charge in [0.25, 0.3) is 0 Å². The van der Waals surface area contributed by atoms with Crippen LogP contribution in [0.4, 0.5) is 0 Å². The number of carbonyl (C=O) groups excluding carboxylic acids is 1. The van der Waals surface area contributed by atoms with Crippen LogP contribution in [-0.2, 0) is 9.59 Å². The van der Waals surface area contributed by atoms with Gasteiger partial charge in [-0.1, -0.05) is 0 Å². The third-order valence-corrected chi connectivity index (χ3v) is 3.33. The lowest BCUT2D eigenvalue weighted by Gasteiger charge is -2.31. The number of hydrogen-bond donors (Lipinski definition) is 3. The SMILES string of the molecule is CC(C)(CCC(=O)O)NC(=O)C1(C)CCNC1. The summed E-state index contributed by atoms with van der Waals surface area (Å²) in [5.41, 5.74) is -0.832. The topological polar surface area (TPSA) is 78.4 Å². The molecule has 17 heavy (non-hydrogen) atoms. The number of carboxylic acid groups (broad SMARTS) is 1. The molecule has 1 amide bonds. The molecule has 1 saturated heterocycles. The van der Waals surface area contributed by atoms with Gasteiger partial charge in [0.05, 0.1) is 5.41 Å². The highest BCUT2D eigenvalue weighted by Gasteiger charge is 2.38. The second kappa shape index (κ2) is 5.04. The van der Waals surface area contributed by atoms with Crippen LogP contribution in [0.5, 0.6) is 0 Å². The van der Waals surface area contributed by atoms with Gasteiger partial charge in [0, 0.05) is 18.5 Å². The fourth-order valence-electron chi connectivity index (χ4n) is 1.95. The van der Waals surface area contributed by atoms with E-state index >= 15 is 0 Å². The first-order valence-electron chi connectivity index (χ1n) is 6.00. The average Bonchev–Trinajstić information content (AvgIpc) is 2.63. The quantitative estimate of drug-likeness (QED) is 0.664. The third-order valence-electron chi connectivity index (χ3n) is 3.33. The molecule has 1 aliphatic heterocycles. The Morgan fingerprint density at radius 1 is 1.47 bits per heavy atom. The van der Waals surface area contributed by atoms with Crippen molar-refractivity contribution in [2.45, 2.75) is 45.6 Å². The normalized spacial score (nSPS) is 24.6. The van der Waals surface area contributed by atoms with E-state index in [0.717, 1.165) is 13.0 Å². The molecule has 0 aromatic carbocycles. The molecule has 0 radical (unpaired) electrons. The Balaban J connectivity index is 2.51. The zero-order valence-electron chi connectivity index (χ0n) is 10.8. The summed E-state index contributed by atoms with van der Waals surface area (Å²) < 4.78 is 0. The fourth-order valence-corrected chi connectivity index (χ4v) is 1.95. The second-order valence-electron chi connectivity index (χ2n) is 5.72. The number of carbonyl (C=O) groups is 2. The molecule has 1 fully saturated rings. The van der Waals surface area contributed by atoms with Gasteiger partial charge in [-0.3, -0.25) is 9.59 Å². The molecule has 1 aliphatic rings. The van der Waals surface area contributed by atoms with Crippen LogP contribution in [0.3, 0.4) is 0 Å². The molecule has 98 valence electrons. The Kier molecular flexibility index (Phi) is 4.14. The van der Waals surface area contributed by atoms with Crippen molar-refractivity contribution in [3.05, 3.63) is 0 Å². The third kappa shape index (κ3) is 4.00. The molecule has 0 aromatic heterocycles. The van der Waals surface area contributed by atoms with Gasteiger partial charge in [-0.05, 0) is 40.2 Å². The highest BCUT2D eigenvalue weighted by molar-refractivity contribution is 5.83. The number of rotatable bonds is 5. The van der Waals surface area contributed by atoms with Crippen molar-refractivity contribution in [1.82, 2.24) is 10.6 Å². The molecule has 0 bridgehead atoms. The lowest BCUT2D eigenvalue weighted by atomic mass is 9.87. The average molecular weight is 242 g/mol. The monoisotopic (exact) mass is 242 g/mol. The lowest BCUT2D eigenvalue weighted by molar-refractivity contribution is -0.138. The molecule has 0 spiro atoms. The fraction of sp³-hybridized carbons (Fsp3) is 0.833. The second-order valence-corrected chi connectivity index (χ2v) is 5.72. The molecule has 0 aromatic rings. The van der Waals surface area contributed by atoms with E-state index in [2.05, 4.69) is 10.6 Å². The van der Waals surface area contributed by atoms with E-state index in [-0.39, 0.29) is 17.7 Å². The lowest BCUT2D eigenvalue weighted by Crippen LogP contribution is -2.50. The summed E-state index contributed by atoms with van der Waals surface area (Å²) in [4.78, 5) is 22.7. The first-order chi connectivity index (χ1) is 7.75. The van der Waals surface area contributed by atoms with E-state index in [0.29, 0.717) is 13.0 Å². The molecule has 1 atom stereocenters. The molecule has 0 aliphatic carbocycles. The van der Waals surface area contributed by atoms with Crippen LogP contribution in [0.25, 0.3) is 0 Å². The minimum absolute atomic E-state index is 0.0119. The number of carboxylic acids is 1. The Hall–Kier alpha value is -1.10. The van der Waals surface area contributed by atoms with Crippen molar-refractivity contribution in [3.63, 3.8) is 0 Å². The summed E-state index contributed by atoms with van der Waals surface area (Å²) in [6, 6.07) is 0. The number of aliphatic carboxylic acids is 1. The Morgan fingerprint density at radius 3 is 2.59 bits per heavy atom. The van der Waals surface area contributed by atoms with Crippen LogP contribution in [0.1, 0.15) is 40.0 Å². The van der Waals surface area contributed by atoms with Gasteiger partial charge in [0.15, 0.2) is 0 Å². The maximum atomic E-state index is 12.1. The number of nitrogens with one attached hydrogen (secondary N) is 2. The Bertz CT molecular complexity index is 307. The molecule has 0 saturated carbocycles. The summed E-state index contributed by atoms with van der Waals surface area (Å²) in [6.45, 7) is 7.21. The largest absolute Gasteiger partial charge is 0.481 e. The predicted molar refractivity (Wildman–Crippen MR) is 64.7 cm³/mol. The van der Waals surface area contributed by atoms with Crippen LogP contribution in [0, 0.1) is 5.41 Å². The van der Waals surface area contributed by atoms with Crippen molar-refractivity contribution < 1.29 is 14.7 Å². The van der Waals surface area contributed by atoms with Crippen LogP contribution < -0.4 is 10.6 Å². The van der Waals surface area contributed by atoms with E-state index in [9.17, 15) is 9.59 Å². The molecule has 5 heteroatoms. The van der Waals surface area contributed by atoms with Crippen molar-refractivity contribution in [2.75, 3.05) is 13.1 Å². The maximum Gasteiger partial charge on any atom is 0.303 e. The molecular formula is C12H22N2O3. The van der Waals surface area contributed by atoms with Crippen molar-refractivity contribution in [2.24, 2.45) is 5.41 Å². The summed E-state index contributed by atoms with van der Waals surface area (Å²) in [5.74, 6) is -0.820. The summed E-state index contributed by atoms with van der Waals surface area (Å²) in [7, 11) is 0. The highest BCUT2D eigenvalue weighted by atomic mass is 16.4. The standard InChI is InChI=1S/C12H22N2O3/c1-11(2,5-4-9(15)16)14-10(17)12(3)6-7-13-8-12/h13H,4-8H2,1-3H3,(H,14,17)(H,15,16). The number of hydrogen-bond acceptors (Lipinski definition) is 3. The zero-order valence-corrected chi connectivity index (χ0v) is 10.8. The smallest absolute Gasteiger partial charge is 0.303 e. The van der Waals surface area contributed by atoms with Gasteiger partial charge < -0.3 is 15.7 Å². The molecule has 1 heterocycles. The summed E-state index contributed by atoms with van der Waals surface area (Å²) >= 11 is 0. The minimum atomic E-state index is -0.832. The van der Waals surface area contributed by atoms with Crippen molar-refractivity contribution in [3.8, 4) is 0 Å². The zero-order chi connectivity index (χ0) is 13.1. The molecule has 1 unspecified atom stereocenters. The van der Waals surface area contributed by atoms with Crippen LogP contribution in [0.15, 0.2) is 0 Å². The van der Waals surface area contributed by atoms with Gasteiger partial charge in [0.2, 0.25) is 5.91 Å². The van der Waals surface area contributed by atoms with Crippen molar-refractivity contribution >= 4 is 11.9 Å². The van der Waals surface area contributed by atoms with E-state index in [4.69, 9.17) is 5.11 Å². The first kappa shape index (κ1) is 14.0. The van der Waals surface area contributed by atoms with Gasteiger partial charge in [-0.15, -0.1) is 0 Å². The van der Waals surface area contributed by atoms with E-state index in [1.54, 1.807) is 0 Å². The van der Waals surface area contributed by atoms with Gasteiger partial charge in [-0.2, -0.15) is 0 Å². The molecule has 1 rings (SSSR count). The van der Waals surface area contributed by atoms with E-state index in [1.165, 1.54) is 0 Å². The Morgan fingerprint density at radius 2 is 2.12 bits per heavy atom. The van der Waals surface area contributed by atoms with Crippen LogP contribution in [0.2, 0.25) is 0 Å². The molecule has 3 N–H and O–H groups in total. The summed E-state index contributed by atoms with van der Waals surface area (Å²) in [5, 5.41) is 14.8. The number of amides is 1. The predicted octanol–water partition coefficient (Wildman–Crippen LogP) is 0.746. The van der Waals surface area contributed by atoms with Gasteiger partial charge in [-0.25, -0.2) is 0 Å². The minimum Gasteiger partial charge on any atom is -0.481 e. The van der Waals surface area contributed by atoms with Crippen LogP contribution in [-0.4, -0.2) is 35.6 Å². The van der Waals surface area contributed by atoms with Gasteiger partial charge in [0.1, 0.15) is 0 Å². The Labute approximate surface area is 102 Å². The van der Waals surface area contributed by atoms with Gasteiger partial charge >= 0.3 is 5.97 Å². The summed E-state index contributed by atoms with van der Waals surface area (Å²) in [6.07, 6.45) is 1.34. The first-order valence-corrected chi connectivity index (χ1v) is 6.00. The maximum absolute atomic E-state index is 12.1. The highest BCUT2D eigenvalue weighted by Crippen LogP contribution is 2.26. The molecule has 5 nitrogen and oxygen atoms in total. The van der Waals surface area contributed by atoms with E-state index < -0.39 is 11.5 Å². The van der Waals surface area contributed by atoms with Crippen LogP contribution >= 0.6 is 0 Å². The van der Waals surface area contributed by atoms with E-state index in [1.807, 2.05) is 20.8 Å².